The van der Waals surface area contributed by atoms with E-state index >= 15 is 0 Å². The number of nitrogens with one attached hydrogen (secondary N) is 1. The van der Waals surface area contributed by atoms with E-state index in [1.54, 1.807) is 24.3 Å². The molecule has 10 heteroatoms. The monoisotopic (exact) mass is 470 g/mol. The molecule has 3 rings (SSSR count). The number of piperidine rings is 1. The highest BCUT2D eigenvalue weighted by Gasteiger charge is 2.34. The van der Waals surface area contributed by atoms with Gasteiger partial charge in [0.15, 0.2) is 0 Å². The number of halogens is 2. The minimum atomic E-state index is -3.89. The van der Waals surface area contributed by atoms with E-state index in [1.165, 1.54) is 29.6 Å². The van der Waals surface area contributed by atoms with Crippen LogP contribution in [0.15, 0.2) is 47.4 Å². The van der Waals surface area contributed by atoms with Gasteiger partial charge < -0.3 is 10.1 Å². The maximum atomic E-state index is 13.0. The lowest BCUT2D eigenvalue weighted by Crippen LogP contribution is -2.43. The molecule has 0 aromatic heterocycles. The number of methoxy groups -OCH3 is 1. The van der Waals surface area contributed by atoms with Crippen LogP contribution in [-0.2, 0) is 19.6 Å². The number of benzene rings is 2. The third-order valence-corrected chi connectivity index (χ3v) is 7.42. The second-order valence-corrected chi connectivity index (χ2v) is 9.59. The fourth-order valence-corrected chi connectivity index (χ4v) is 5.50. The first-order chi connectivity index (χ1) is 14.2. The molecule has 1 atom stereocenters. The van der Waals surface area contributed by atoms with Crippen LogP contribution in [0.4, 0.5) is 5.69 Å². The predicted octanol–water partition coefficient (Wildman–Crippen LogP) is 3.82. The Morgan fingerprint density at radius 2 is 1.83 bits per heavy atom. The van der Waals surface area contributed by atoms with Crippen LogP contribution in [0.1, 0.15) is 23.2 Å². The molecule has 1 amide bonds. The molecular weight excluding hydrogens is 451 g/mol. The Kier molecular flexibility index (Phi) is 7.02. The van der Waals surface area contributed by atoms with Gasteiger partial charge in [-0.3, -0.25) is 4.79 Å². The molecular formula is C20H20Cl2N2O5S. The summed E-state index contributed by atoms with van der Waals surface area (Å²) >= 11 is 12.0. The zero-order chi connectivity index (χ0) is 21.9. The summed E-state index contributed by atoms with van der Waals surface area (Å²) in [6.45, 7) is 0.333. The van der Waals surface area contributed by atoms with Crippen LogP contribution in [-0.4, -0.2) is 44.8 Å². The van der Waals surface area contributed by atoms with Crippen LogP contribution in [0.3, 0.4) is 0 Å². The van der Waals surface area contributed by atoms with E-state index in [0.29, 0.717) is 30.6 Å². The summed E-state index contributed by atoms with van der Waals surface area (Å²) in [5.74, 6) is -1.29. The van der Waals surface area contributed by atoms with Gasteiger partial charge in [-0.05, 0) is 55.3 Å². The fourth-order valence-electron chi connectivity index (χ4n) is 3.24. The number of ether oxygens (including phenoxy) is 1. The van der Waals surface area contributed by atoms with Crippen molar-refractivity contribution in [2.24, 2.45) is 5.92 Å². The summed E-state index contributed by atoms with van der Waals surface area (Å²) in [6.07, 6.45) is 1.10. The average molecular weight is 471 g/mol. The zero-order valence-electron chi connectivity index (χ0n) is 16.1. The normalized spacial score (nSPS) is 17.4. The fraction of sp³-hybridized carbons (Fsp3) is 0.300. The Bertz CT molecular complexity index is 1060. The van der Waals surface area contributed by atoms with Crippen LogP contribution >= 0.6 is 23.2 Å². The molecule has 160 valence electrons. The lowest BCUT2D eigenvalue weighted by atomic mass is 9.98. The Hall–Kier alpha value is -2.13. The number of anilines is 1. The van der Waals surface area contributed by atoms with Crippen LogP contribution in [0.2, 0.25) is 10.0 Å². The minimum Gasteiger partial charge on any atom is -0.465 e. The van der Waals surface area contributed by atoms with Gasteiger partial charge in [-0.15, -0.1) is 0 Å². The molecule has 1 fully saturated rings. The van der Waals surface area contributed by atoms with Crippen molar-refractivity contribution in [1.82, 2.24) is 4.31 Å². The number of sulfonamides is 1. The van der Waals surface area contributed by atoms with E-state index in [0.717, 1.165) is 0 Å². The summed E-state index contributed by atoms with van der Waals surface area (Å²) in [5.41, 5.74) is 0.870. The number of nitrogens with zero attached hydrogens (tertiary/aromatic N) is 1. The zero-order valence-corrected chi connectivity index (χ0v) is 18.4. The van der Waals surface area contributed by atoms with Crippen molar-refractivity contribution < 1.29 is 22.7 Å². The van der Waals surface area contributed by atoms with Crippen LogP contribution in [0.25, 0.3) is 0 Å². The van der Waals surface area contributed by atoms with E-state index in [1.807, 2.05) is 0 Å². The lowest BCUT2D eigenvalue weighted by Gasteiger charge is -2.31. The molecule has 2 aromatic carbocycles. The Morgan fingerprint density at radius 1 is 1.13 bits per heavy atom. The highest BCUT2D eigenvalue weighted by Crippen LogP contribution is 2.30. The Labute approximate surface area is 185 Å². The number of esters is 1. The summed E-state index contributed by atoms with van der Waals surface area (Å²) < 4.78 is 32.0. The second kappa shape index (κ2) is 9.34. The van der Waals surface area contributed by atoms with Gasteiger partial charge in [0.2, 0.25) is 15.9 Å². The minimum absolute atomic E-state index is 0.0389. The highest BCUT2D eigenvalue weighted by atomic mass is 35.5. The van der Waals surface area contributed by atoms with Gasteiger partial charge in [0, 0.05) is 23.8 Å². The van der Waals surface area contributed by atoms with Crippen molar-refractivity contribution in [1.29, 1.82) is 0 Å². The maximum Gasteiger partial charge on any atom is 0.337 e. The molecule has 1 aliphatic heterocycles. The van der Waals surface area contributed by atoms with E-state index in [9.17, 15) is 18.0 Å². The van der Waals surface area contributed by atoms with E-state index in [2.05, 4.69) is 10.1 Å². The van der Waals surface area contributed by atoms with Crippen LogP contribution < -0.4 is 5.32 Å². The third kappa shape index (κ3) is 4.95. The molecule has 0 unspecified atom stereocenters. The molecule has 1 aliphatic rings. The van der Waals surface area contributed by atoms with Gasteiger partial charge in [0.05, 0.1) is 23.6 Å². The summed E-state index contributed by atoms with van der Waals surface area (Å²) in [4.78, 5) is 24.1. The van der Waals surface area contributed by atoms with E-state index in [4.69, 9.17) is 23.2 Å². The number of amides is 1. The smallest absolute Gasteiger partial charge is 0.337 e. The first-order valence-electron chi connectivity index (χ1n) is 9.17. The standard InChI is InChI=1S/C20H20Cl2N2O5S/c1-29-20(26)13-4-7-16(8-5-13)23-19(25)14-3-2-10-24(12-14)30(27,28)18-11-15(21)6-9-17(18)22/h4-9,11,14H,2-3,10,12H2,1H3,(H,23,25)/t14-/m0/s1. The maximum absolute atomic E-state index is 13.0. The van der Waals surface area contributed by atoms with Gasteiger partial charge in [-0.25, -0.2) is 13.2 Å². The van der Waals surface area contributed by atoms with Crippen molar-refractivity contribution in [3.8, 4) is 0 Å². The van der Waals surface area contributed by atoms with Crippen molar-refractivity contribution in [3.05, 3.63) is 58.1 Å². The first kappa shape index (κ1) is 22.6. The first-order valence-corrected chi connectivity index (χ1v) is 11.4. The summed E-state index contributed by atoms with van der Waals surface area (Å²) in [5, 5.41) is 3.11. The van der Waals surface area contributed by atoms with Crippen molar-refractivity contribution >= 4 is 50.8 Å². The van der Waals surface area contributed by atoms with Crippen LogP contribution in [0, 0.1) is 5.92 Å². The van der Waals surface area contributed by atoms with Crippen LogP contribution in [0.5, 0.6) is 0 Å². The molecule has 0 bridgehead atoms. The number of rotatable bonds is 5. The second-order valence-electron chi connectivity index (χ2n) is 6.84. The highest BCUT2D eigenvalue weighted by molar-refractivity contribution is 7.89. The number of carbonyl (C=O) groups excluding carboxylic acids is 2. The van der Waals surface area contributed by atoms with Crippen molar-refractivity contribution in [3.63, 3.8) is 0 Å². The lowest BCUT2D eigenvalue weighted by molar-refractivity contribution is -0.120. The molecule has 0 aliphatic carbocycles. The topological polar surface area (TPSA) is 92.8 Å². The molecule has 1 heterocycles. The summed E-state index contributed by atoms with van der Waals surface area (Å²) in [7, 11) is -2.60. The van der Waals surface area contributed by atoms with E-state index < -0.39 is 21.9 Å². The molecule has 0 saturated carbocycles. The largest absolute Gasteiger partial charge is 0.465 e. The Balaban J connectivity index is 1.71. The number of carbonyl (C=O) groups is 2. The number of hydrogen-bond donors (Lipinski definition) is 1. The molecule has 0 radical (unpaired) electrons. The van der Waals surface area contributed by atoms with Gasteiger partial charge >= 0.3 is 5.97 Å². The third-order valence-electron chi connectivity index (χ3n) is 4.84. The van der Waals surface area contributed by atoms with E-state index in [-0.39, 0.29) is 27.4 Å². The molecule has 30 heavy (non-hydrogen) atoms. The predicted molar refractivity (Wildman–Crippen MR) is 114 cm³/mol. The quantitative estimate of drug-likeness (QED) is 0.670. The SMILES string of the molecule is COC(=O)c1ccc(NC(=O)[C@H]2CCCN(S(=O)(=O)c3cc(Cl)ccc3Cl)C2)cc1. The molecule has 0 spiro atoms. The number of hydrogen-bond acceptors (Lipinski definition) is 5. The van der Waals surface area contributed by atoms with Gasteiger partial charge in [-0.2, -0.15) is 4.31 Å². The molecule has 2 aromatic rings. The van der Waals surface area contributed by atoms with Gasteiger partial charge in [0.1, 0.15) is 4.90 Å². The van der Waals surface area contributed by atoms with Gasteiger partial charge in [0.25, 0.3) is 0 Å². The summed E-state index contributed by atoms with van der Waals surface area (Å²) in [6, 6.07) is 10.5. The molecule has 1 saturated heterocycles. The van der Waals surface area contributed by atoms with Crippen molar-refractivity contribution in [2.75, 3.05) is 25.5 Å². The Morgan fingerprint density at radius 3 is 2.50 bits per heavy atom. The average Bonchev–Trinajstić information content (AvgIpc) is 2.75. The van der Waals surface area contributed by atoms with Crippen molar-refractivity contribution in [2.45, 2.75) is 17.7 Å². The molecule has 7 nitrogen and oxygen atoms in total. The van der Waals surface area contributed by atoms with Gasteiger partial charge in [-0.1, -0.05) is 23.2 Å². The molecule has 1 N–H and O–H groups in total.